The van der Waals surface area contributed by atoms with Crippen molar-refractivity contribution in [2.75, 3.05) is 19.7 Å². The Balaban J connectivity index is 1.33. The van der Waals surface area contributed by atoms with E-state index in [1.165, 1.54) is 5.56 Å². The Morgan fingerprint density at radius 2 is 1.68 bits per heavy atom. The predicted octanol–water partition coefficient (Wildman–Crippen LogP) is 4.53. The van der Waals surface area contributed by atoms with Gasteiger partial charge in [0.2, 0.25) is 5.91 Å². The van der Waals surface area contributed by atoms with E-state index >= 15 is 0 Å². The average molecular weight is 380 g/mol. The zero-order chi connectivity index (χ0) is 19.8. The van der Waals surface area contributed by atoms with Gasteiger partial charge in [0.15, 0.2) is 5.78 Å². The first-order chi connectivity index (χ1) is 13.6. The topological polar surface area (TPSA) is 46.6 Å². The summed E-state index contributed by atoms with van der Waals surface area (Å²) in [4.78, 5) is 25.7. The Morgan fingerprint density at radius 3 is 2.32 bits per heavy atom. The highest BCUT2D eigenvalue weighted by atomic mass is 16.5. The van der Waals surface area contributed by atoms with Crippen LogP contribution in [0.15, 0.2) is 54.6 Å². The number of amides is 1. The third kappa shape index (κ3) is 5.95. The Hall–Kier alpha value is -2.62. The first-order valence-corrected chi connectivity index (χ1v) is 10.2. The molecule has 0 saturated carbocycles. The number of hydrogen-bond donors (Lipinski definition) is 0. The average Bonchev–Trinajstić information content (AvgIpc) is 2.72. The van der Waals surface area contributed by atoms with E-state index < -0.39 is 0 Å². The van der Waals surface area contributed by atoms with E-state index in [2.05, 4.69) is 30.3 Å². The summed E-state index contributed by atoms with van der Waals surface area (Å²) in [5.41, 5.74) is 2.07. The molecule has 4 heteroatoms. The van der Waals surface area contributed by atoms with E-state index in [0.29, 0.717) is 30.9 Å². The lowest BCUT2D eigenvalue weighted by molar-refractivity contribution is -0.132. The smallest absolute Gasteiger partial charge is 0.222 e. The number of ketones is 1. The first-order valence-electron chi connectivity index (χ1n) is 10.2. The highest BCUT2D eigenvalue weighted by molar-refractivity contribution is 5.94. The summed E-state index contributed by atoms with van der Waals surface area (Å²) in [7, 11) is 0. The fourth-order valence-corrected chi connectivity index (χ4v) is 3.69. The van der Waals surface area contributed by atoms with Gasteiger partial charge < -0.3 is 9.64 Å². The van der Waals surface area contributed by atoms with Crippen LogP contribution < -0.4 is 4.74 Å². The predicted molar refractivity (Wildman–Crippen MR) is 111 cm³/mol. The highest BCUT2D eigenvalue weighted by Crippen LogP contribution is 2.22. The van der Waals surface area contributed by atoms with Crippen LogP contribution in [0.3, 0.4) is 0 Å². The standard InChI is InChI=1S/C24H29NO3/c1-19(26)22-9-11-23(12-10-22)28-17-5-8-24(27)25-15-13-21(14-16-25)18-20-6-3-2-4-7-20/h2-4,6-7,9-12,21H,5,8,13-18H2,1H3. The molecule has 0 N–H and O–H groups in total. The molecule has 0 bridgehead atoms. The molecule has 1 amide bonds. The lowest BCUT2D eigenvalue weighted by Gasteiger charge is -2.32. The van der Waals surface area contributed by atoms with E-state index in [4.69, 9.17) is 4.74 Å². The number of ether oxygens (including phenoxy) is 1. The molecule has 0 radical (unpaired) electrons. The summed E-state index contributed by atoms with van der Waals surface area (Å²) in [6.07, 6.45) is 4.50. The Kier molecular flexibility index (Phi) is 7.24. The van der Waals surface area contributed by atoms with Crippen molar-refractivity contribution in [2.24, 2.45) is 5.92 Å². The second kappa shape index (κ2) is 10.1. The summed E-state index contributed by atoms with van der Waals surface area (Å²) in [6.45, 7) is 3.79. The molecular formula is C24H29NO3. The molecule has 1 saturated heterocycles. The molecule has 1 heterocycles. The Labute approximate surface area is 167 Å². The maximum absolute atomic E-state index is 12.4. The van der Waals surface area contributed by atoms with Crippen LogP contribution in [0.25, 0.3) is 0 Å². The van der Waals surface area contributed by atoms with E-state index in [1.807, 2.05) is 4.90 Å². The molecule has 28 heavy (non-hydrogen) atoms. The quantitative estimate of drug-likeness (QED) is 0.500. The molecule has 1 aliphatic heterocycles. The SMILES string of the molecule is CC(=O)c1ccc(OCCCC(=O)N2CCC(Cc3ccccc3)CC2)cc1. The molecule has 2 aromatic rings. The zero-order valence-electron chi connectivity index (χ0n) is 16.6. The van der Waals surface area contributed by atoms with E-state index in [-0.39, 0.29) is 11.7 Å². The Morgan fingerprint density at radius 1 is 1.00 bits per heavy atom. The van der Waals surface area contributed by atoms with Gasteiger partial charge in [0.1, 0.15) is 5.75 Å². The van der Waals surface area contributed by atoms with Crippen molar-refractivity contribution in [3.63, 3.8) is 0 Å². The van der Waals surface area contributed by atoms with E-state index in [9.17, 15) is 9.59 Å². The lowest BCUT2D eigenvalue weighted by atomic mass is 9.90. The molecule has 1 fully saturated rings. The molecule has 0 unspecified atom stereocenters. The van der Waals surface area contributed by atoms with Crippen LogP contribution in [0.1, 0.15) is 48.5 Å². The van der Waals surface area contributed by atoms with Gasteiger partial charge >= 0.3 is 0 Å². The molecule has 0 atom stereocenters. The number of Topliss-reactive ketones (excluding diaryl/α,β-unsaturated/α-hetero) is 1. The number of piperidine rings is 1. The van der Waals surface area contributed by atoms with Gasteiger partial charge in [0.25, 0.3) is 0 Å². The number of likely N-dealkylation sites (tertiary alicyclic amines) is 1. The molecule has 3 rings (SSSR count). The molecule has 2 aromatic carbocycles. The van der Waals surface area contributed by atoms with Gasteiger partial charge in [-0.15, -0.1) is 0 Å². The van der Waals surface area contributed by atoms with Gasteiger partial charge in [0.05, 0.1) is 6.61 Å². The fourth-order valence-electron chi connectivity index (χ4n) is 3.69. The van der Waals surface area contributed by atoms with Gasteiger partial charge in [-0.3, -0.25) is 9.59 Å². The normalized spacial score (nSPS) is 14.7. The van der Waals surface area contributed by atoms with Crippen LogP contribution in [-0.4, -0.2) is 36.3 Å². The van der Waals surface area contributed by atoms with Crippen molar-refractivity contribution < 1.29 is 14.3 Å². The number of hydrogen-bond acceptors (Lipinski definition) is 3. The van der Waals surface area contributed by atoms with Crippen molar-refractivity contribution in [3.8, 4) is 5.75 Å². The second-order valence-corrected chi connectivity index (χ2v) is 7.55. The van der Waals surface area contributed by atoms with Gasteiger partial charge in [-0.1, -0.05) is 30.3 Å². The summed E-state index contributed by atoms with van der Waals surface area (Å²) >= 11 is 0. The number of benzene rings is 2. The van der Waals surface area contributed by atoms with Crippen LogP contribution in [-0.2, 0) is 11.2 Å². The van der Waals surface area contributed by atoms with Gasteiger partial charge in [-0.05, 0) is 68.4 Å². The second-order valence-electron chi connectivity index (χ2n) is 7.55. The minimum absolute atomic E-state index is 0.0460. The molecular weight excluding hydrogens is 350 g/mol. The third-order valence-corrected chi connectivity index (χ3v) is 5.40. The highest BCUT2D eigenvalue weighted by Gasteiger charge is 2.22. The zero-order valence-corrected chi connectivity index (χ0v) is 16.6. The first kappa shape index (κ1) is 20.1. The summed E-state index contributed by atoms with van der Waals surface area (Å²) in [5.74, 6) is 1.69. The molecule has 4 nitrogen and oxygen atoms in total. The minimum Gasteiger partial charge on any atom is -0.494 e. The number of carbonyl (C=O) groups excluding carboxylic acids is 2. The van der Waals surface area contributed by atoms with Gasteiger partial charge in [-0.2, -0.15) is 0 Å². The number of carbonyl (C=O) groups is 2. The molecule has 148 valence electrons. The van der Waals surface area contributed by atoms with Crippen molar-refractivity contribution in [1.82, 2.24) is 4.90 Å². The molecule has 0 aliphatic carbocycles. The summed E-state index contributed by atoms with van der Waals surface area (Å²) in [6, 6.07) is 17.7. The third-order valence-electron chi connectivity index (χ3n) is 5.40. The summed E-state index contributed by atoms with van der Waals surface area (Å²) < 4.78 is 5.68. The fraction of sp³-hybridized carbons (Fsp3) is 0.417. The molecule has 1 aliphatic rings. The maximum atomic E-state index is 12.4. The van der Waals surface area contributed by atoms with E-state index in [1.54, 1.807) is 31.2 Å². The van der Waals surface area contributed by atoms with Crippen LogP contribution in [0.2, 0.25) is 0 Å². The van der Waals surface area contributed by atoms with Crippen LogP contribution in [0.5, 0.6) is 5.75 Å². The molecule has 0 spiro atoms. The van der Waals surface area contributed by atoms with Crippen LogP contribution in [0.4, 0.5) is 0 Å². The Bertz CT molecular complexity index is 762. The number of nitrogens with zero attached hydrogens (tertiary/aromatic N) is 1. The van der Waals surface area contributed by atoms with E-state index in [0.717, 1.165) is 38.1 Å². The van der Waals surface area contributed by atoms with Crippen LogP contribution in [0, 0.1) is 5.92 Å². The minimum atomic E-state index is 0.0460. The summed E-state index contributed by atoms with van der Waals surface area (Å²) in [5, 5.41) is 0. The van der Waals surface area contributed by atoms with Crippen molar-refractivity contribution >= 4 is 11.7 Å². The maximum Gasteiger partial charge on any atom is 0.222 e. The number of rotatable bonds is 8. The van der Waals surface area contributed by atoms with Crippen molar-refractivity contribution in [3.05, 3.63) is 65.7 Å². The van der Waals surface area contributed by atoms with Gasteiger partial charge in [0, 0.05) is 25.1 Å². The molecule has 0 aromatic heterocycles. The van der Waals surface area contributed by atoms with Gasteiger partial charge in [-0.25, -0.2) is 0 Å². The van der Waals surface area contributed by atoms with Crippen molar-refractivity contribution in [2.45, 2.75) is 39.0 Å². The van der Waals surface area contributed by atoms with Crippen molar-refractivity contribution in [1.29, 1.82) is 0 Å². The largest absolute Gasteiger partial charge is 0.494 e. The lowest BCUT2D eigenvalue weighted by Crippen LogP contribution is -2.38. The van der Waals surface area contributed by atoms with Crippen LogP contribution >= 0.6 is 0 Å². The monoisotopic (exact) mass is 379 g/mol.